The maximum absolute atomic E-state index is 12.3. The van der Waals surface area contributed by atoms with Crippen molar-refractivity contribution in [1.29, 1.82) is 0 Å². The number of imide groups is 1. The highest BCUT2D eigenvalue weighted by molar-refractivity contribution is 6.30. The number of hydrogen-bond acceptors (Lipinski definition) is 5. The molecule has 0 spiro atoms. The van der Waals surface area contributed by atoms with Crippen LogP contribution in [0.3, 0.4) is 0 Å². The molecule has 9 heteroatoms. The summed E-state index contributed by atoms with van der Waals surface area (Å²) >= 11 is 6.04. The lowest BCUT2D eigenvalue weighted by Crippen LogP contribution is -2.54. The number of nitrogens with zero attached hydrogens (tertiary/aromatic N) is 3. The Balaban J connectivity index is 1.50. The van der Waals surface area contributed by atoms with Crippen molar-refractivity contribution >= 4 is 35.1 Å². The number of amides is 4. The lowest BCUT2D eigenvalue weighted by Gasteiger charge is -2.35. The molecule has 1 atom stereocenters. The lowest BCUT2D eigenvalue weighted by molar-refractivity contribution is -0.139. The van der Waals surface area contributed by atoms with E-state index < -0.39 is 17.5 Å². The van der Waals surface area contributed by atoms with E-state index in [-0.39, 0.29) is 12.5 Å². The SMILES string of the molecule is CCC1(C)NC(=O)N(NC(=O)CN2CCN(c3cccc(Cl)c3)CC2)C1=O. The Hall–Kier alpha value is -2.32. The molecule has 2 heterocycles. The average molecular weight is 394 g/mol. The van der Waals surface area contributed by atoms with Gasteiger partial charge in [0.05, 0.1) is 6.54 Å². The zero-order valence-electron chi connectivity index (χ0n) is 15.5. The molecule has 2 saturated heterocycles. The first kappa shape index (κ1) is 19.4. The van der Waals surface area contributed by atoms with Gasteiger partial charge in [-0.25, -0.2) is 4.79 Å². The predicted octanol–water partition coefficient (Wildman–Crippen LogP) is 1.21. The number of urea groups is 1. The van der Waals surface area contributed by atoms with Crippen molar-refractivity contribution in [2.45, 2.75) is 25.8 Å². The average Bonchev–Trinajstić information content (AvgIpc) is 2.86. The Morgan fingerprint density at radius 1 is 1.26 bits per heavy atom. The van der Waals surface area contributed by atoms with E-state index in [0.717, 1.165) is 23.8 Å². The Morgan fingerprint density at radius 2 is 1.96 bits per heavy atom. The van der Waals surface area contributed by atoms with Crippen molar-refractivity contribution in [3.63, 3.8) is 0 Å². The fourth-order valence-electron chi connectivity index (χ4n) is 3.23. The molecule has 1 aromatic carbocycles. The maximum Gasteiger partial charge on any atom is 0.344 e. The number of hydrogen-bond donors (Lipinski definition) is 2. The second-order valence-electron chi connectivity index (χ2n) is 7.03. The van der Waals surface area contributed by atoms with Crippen LogP contribution >= 0.6 is 11.6 Å². The first-order chi connectivity index (χ1) is 12.8. The molecule has 3 rings (SSSR count). The number of anilines is 1. The number of halogens is 1. The summed E-state index contributed by atoms with van der Waals surface area (Å²) in [7, 11) is 0. The van der Waals surface area contributed by atoms with Crippen LogP contribution in [0, 0.1) is 0 Å². The van der Waals surface area contributed by atoms with Gasteiger partial charge < -0.3 is 10.2 Å². The van der Waals surface area contributed by atoms with Crippen LogP contribution in [0.25, 0.3) is 0 Å². The third-order valence-electron chi connectivity index (χ3n) is 5.12. The quantitative estimate of drug-likeness (QED) is 0.734. The fourth-order valence-corrected chi connectivity index (χ4v) is 3.41. The third-order valence-corrected chi connectivity index (χ3v) is 5.35. The van der Waals surface area contributed by atoms with Gasteiger partial charge >= 0.3 is 6.03 Å². The van der Waals surface area contributed by atoms with E-state index >= 15 is 0 Å². The number of rotatable bonds is 5. The zero-order valence-corrected chi connectivity index (χ0v) is 16.3. The van der Waals surface area contributed by atoms with E-state index in [0.29, 0.717) is 24.5 Å². The van der Waals surface area contributed by atoms with Crippen LogP contribution in [-0.2, 0) is 9.59 Å². The van der Waals surface area contributed by atoms with Crippen molar-refractivity contribution in [2.75, 3.05) is 37.6 Å². The Bertz CT molecular complexity index is 750. The summed E-state index contributed by atoms with van der Waals surface area (Å²) in [6.07, 6.45) is 0.454. The van der Waals surface area contributed by atoms with Crippen LogP contribution in [0.1, 0.15) is 20.3 Å². The van der Waals surface area contributed by atoms with Gasteiger partial charge in [0, 0.05) is 36.9 Å². The van der Waals surface area contributed by atoms with Crippen molar-refractivity contribution in [3.05, 3.63) is 29.3 Å². The topological polar surface area (TPSA) is 85.0 Å². The maximum atomic E-state index is 12.3. The molecule has 2 aliphatic rings. The minimum absolute atomic E-state index is 0.128. The van der Waals surface area contributed by atoms with E-state index in [2.05, 4.69) is 15.6 Å². The Morgan fingerprint density at radius 3 is 2.56 bits per heavy atom. The summed E-state index contributed by atoms with van der Waals surface area (Å²) in [4.78, 5) is 40.8. The standard InChI is InChI=1S/C18H24ClN5O3/c1-3-18(2)16(26)24(17(27)20-18)21-15(25)12-22-7-9-23(10-8-22)14-6-4-5-13(19)11-14/h4-6,11H,3,7-10,12H2,1-2H3,(H,20,27)(H,21,25). The van der Waals surface area contributed by atoms with Crippen LogP contribution < -0.4 is 15.6 Å². The highest BCUT2D eigenvalue weighted by Crippen LogP contribution is 2.21. The fraction of sp³-hybridized carbons (Fsp3) is 0.500. The van der Waals surface area contributed by atoms with E-state index in [4.69, 9.17) is 11.6 Å². The van der Waals surface area contributed by atoms with Gasteiger partial charge in [-0.05, 0) is 31.5 Å². The molecule has 8 nitrogen and oxygen atoms in total. The second-order valence-corrected chi connectivity index (χ2v) is 7.47. The van der Waals surface area contributed by atoms with Crippen molar-refractivity contribution in [1.82, 2.24) is 20.7 Å². The van der Waals surface area contributed by atoms with E-state index in [1.165, 1.54) is 0 Å². The molecule has 4 amide bonds. The number of nitrogens with one attached hydrogen (secondary N) is 2. The molecule has 0 saturated carbocycles. The number of hydrazine groups is 1. The first-order valence-corrected chi connectivity index (χ1v) is 9.39. The Labute approximate surface area is 163 Å². The number of carbonyl (C=O) groups is 3. The minimum Gasteiger partial charge on any atom is -0.369 e. The van der Waals surface area contributed by atoms with Gasteiger partial charge in [-0.3, -0.25) is 19.9 Å². The van der Waals surface area contributed by atoms with Gasteiger partial charge in [-0.15, -0.1) is 0 Å². The van der Waals surface area contributed by atoms with Crippen LogP contribution in [0.4, 0.5) is 10.5 Å². The summed E-state index contributed by atoms with van der Waals surface area (Å²) in [6.45, 7) is 6.52. The summed E-state index contributed by atoms with van der Waals surface area (Å²) in [5.74, 6) is -0.816. The molecule has 0 bridgehead atoms. The second kappa shape index (κ2) is 7.74. The molecule has 146 valence electrons. The Kier molecular flexibility index (Phi) is 5.57. The van der Waals surface area contributed by atoms with Crippen LogP contribution in [-0.4, -0.2) is 66.0 Å². The van der Waals surface area contributed by atoms with E-state index in [1.54, 1.807) is 6.92 Å². The number of carbonyl (C=O) groups excluding carboxylic acids is 3. The van der Waals surface area contributed by atoms with Gasteiger partial charge in [0.1, 0.15) is 5.54 Å². The summed E-state index contributed by atoms with van der Waals surface area (Å²) in [5.41, 5.74) is 2.52. The number of benzene rings is 1. The van der Waals surface area contributed by atoms with Crippen molar-refractivity contribution < 1.29 is 14.4 Å². The largest absolute Gasteiger partial charge is 0.369 e. The number of piperazine rings is 1. The molecule has 2 fully saturated rings. The molecule has 1 aromatic rings. The smallest absolute Gasteiger partial charge is 0.344 e. The van der Waals surface area contributed by atoms with Gasteiger partial charge in [0.25, 0.3) is 11.8 Å². The predicted molar refractivity (Wildman–Crippen MR) is 102 cm³/mol. The molecule has 1 unspecified atom stereocenters. The van der Waals surface area contributed by atoms with Crippen LogP contribution in [0.5, 0.6) is 0 Å². The molecule has 2 aliphatic heterocycles. The van der Waals surface area contributed by atoms with Gasteiger partial charge in [0.15, 0.2) is 0 Å². The highest BCUT2D eigenvalue weighted by atomic mass is 35.5. The molecular formula is C18H24ClN5O3. The molecule has 0 aromatic heterocycles. The highest BCUT2D eigenvalue weighted by Gasteiger charge is 2.47. The molecule has 0 aliphatic carbocycles. The molecule has 27 heavy (non-hydrogen) atoms. The van der Waals surface area contributed by atoms with Crippen LogP contribution in [0.2, 0.25) is 5.02 Å². The summed E-state index contributed by atoms with van der Waals surface area (Å²) in [6, 6.07) is 7.09. The molecular weight excluding hydrogens is 370 g/mol. The summed E-state index contributed by atoms with van der Waals surface area (Å²) in [5, 5.41) is 4.09. The first-order valence-electron chi connectivity index (χ1n) is 9.01. The molecule has 0 radical (unpaired) electrons. The van der Waals surface area contributed by atoms with Crippen molar-refractivity contribution in [2.24, 2.45) is 0 Å². The van der Waals surface area contributed by atoms with E-state index in [9.17, 15) is 14.4 Å². The van der Waals surface area contributed by atoms with Gasteiger partial charge in [-0.1, -0.05) is 24.6 Å². The van der Waals surface area contributed by atoms with Crippen molar-refractivity contribution in [3.8, 4) is 0 Å². The van der Waals surface area contributed by atoms with Gasteiger partial charge in [-0.2, -0.15) is 5.01 Å². The van der Waals surface area contributed by atoms with Gasteiger partial charge in [0.2, 0.25) is 0 Å². The molecule has 2 N–H and O–H groups in total. The summed E-state index contributed by atoms with van der Waals surface area (Å²) < 4.78 is 0. The third kappa shape index (κ3) is 4.17. The minimum atomic E-state index is -0.965. The van der Waals surface area contributed by atoms with Crippen LogP contribution in [0.15, 0.2) is 24.3 Å². The zero-order chi connectivity index (χ0) is 19.6. The normalized spacial score (nSPS) is 23.5. The van der Waals surface area contributed by atoms with E-state index in [1.807, 2.05) is 36.1 Å². The lowest BCUT2D eigenvalue weighted by atomic mass is 10.00. The monoisotopic (exact) mass is 393 g/mol.